The summed E-state index contributed by atoms with van der Waals surface area (Å²) in [6.07, 6.45) is 2.59. The molecule has 4 heteroatoms. The molecule has 98 valence electrons. The molecule has 0 aromatic heterocycles. The van der Waals surface area contributed by atoms with Gasteiger partial charge in [-0.15, -0.1) is 0 Å². The molecule has 1 rings (SSSR count). The summed E-state index contributed by atoms with van der Waals surface area (Å²) in [6.45, 7) is 4.35. The van der Waals surface area contributed by atoms with E-state index in [0.29, 0.717) is 12.5 Å². The molecule has 17 heavy (non-hydrogen) atoms. The topological polar surface area (TPSA) is 52.6 Å². The summed E-state index contributed by atoms with van der Waals surface area (Å²) in [5.41, 5.74) is 0. The third kappa shape index (κ3) is 4.11. The first kappa shape index (κ1) is 14.2. The molecule has 1 fully saturated rings. The van der Waals surface area contributed by atoms with Crippen LogP contribution in [0.2, 0.25) is 0 Å². The van der Waals surface area contributed by atoms with Crippen molar-refractivity contribution in [2.24, 2.45) is 17.8 Å². The van der Waals surface area contributed by atoms with Crippen molar-refractivity contribution in [1.82, 2.24) is 0 Å². The van der Waals surface area contributed by atoms with Crippen LogP contribution >= 0.6 is 0 Å². The van der Waals surface area contributed by atoms with Crippen molar-refractivity contribution in [3.8, 4) is 0 Å². The van der Waals surface area contributed by atoms with Gasteiger partial charge in [-0.1, -0.05) is 6.92 Å². The van der Waals surface area contributed by atoms with E-state index in [0.717, 1.165) is 19.3 Å². The molecule has 1 saturated carbocycles. The molecular weight excluding hydrogens is 220 g/mol. The van der Waals surface area contributed by atoms with Crippen LogP contribution < -0.4 is 0 Å². The summed E-state index contributed by atoms with van der Waals surface area (Å²) < 4.78 is 9.97. The predicted molar refractivity (Wildman–Crippen MR) is 63.5 cm³/mol. The molecule has 0 aliphatic heterocycles. The van der Waals surface area contributed by atoms with E-state index in [-0.39, 0.29) is 30.2 Å². The zero-order chi connectivity index (χ0) is 12.8. The van der Waals surface area contributed by atoms with Crippen LogP contribution in [0.3, 0.4) is 0 Å². The van der Waals surface area contributed by atoms with E-state index in [4.69, 9.17) is 9.47 Å². The minimum atomic E-state index is -0.256. The maximum absolute atomic E-state index is 11.9. The molecule has 0 N–H and O–H groups in total. The lowest BCUT2D eigenvalue weighted by Gasteiger charge is -2.31. The van der Waals surface area contributed by atoms with Gasteiger partial charge in [-0.2, -0.15) is 0 Å². The zero-order valence-electron chi connectivity index (χ0n) is 10.9. The van der Waals surface area contributed by atoms with Gasteiger partial charge in [0.25, 0.3) is 0 Å². The number of ketones is 1. The van der Waals surface area contributed by atoms with Crippen molar-refractivity contribution < 1.29 is 19.1 Å². The Kier molecular flexibility index (Phi) is 5.62. The first-order chi connectivity index (χ1) is 8.06. The number of methoxy groups -OCH3 is 1. The van der Waals surface area contributed by atoms with Gasteiger partial charge in [0.05, 0.1) is 12.5 Å². The molecule has 0 aromatic carbocycles. The van der Waals surface area contributed by atoms with Crippen molar-refractivity contribution in [2.75, 3.05) is 20.3 Å². The number of rotatable bonds is 5. The highest BCUT2D eigenvalue weighted by Crippen LogP contribution is 2.35. The Labute approximate surface area is 103 Å². The lowest BCUT2D eigenvalue weighted by Crippen LogP contribution is -2.35. The molecular formula is C13H22O4. The van der Waals surface area contributed by atoms with E-state index >= 15 is 0 Å². The average molecular weight is 242 g/mol. The first-order valence-corrected chi connectivity index (χ1v) is 6.22. The Morgan fingerprint density at radius 3 is 2.47 bits per heavy atom. The van der Waals surface area contributed by atoms with E-state index in [1.54, 1.807) is 14.0 Å². The molecule has 0 heterocycles. The lowest BCUT2D eigenvalue weighted by atomic mass is 9.73. The van der Waals surface area contributed by atoms with Crippen LogP contribution in [0, 0.1) is 17.8 Å². The monoisotopic (exact) mass is 242 g/mol. The van der Waals surface area contributed by atoms with Gasteiger partial charge >= 0.3 is 5.97 Å². The second kappa shape index (κ2) is 6.74. The number of carbonyl (C=O) groups excluding carboxylic acids is 2. The number of Topliss-reactive ketones (excluding diaryl/α,β-unsaturated/α-hetero) is 1. The Balaban J connectivity index is 2.56. The fraction of sp³-hybridized carbons (Fsp3) is 0.846. The Bertz CT molecular complexity index is 275. The van der Waals surface area contributed by atoms with Crippen molar-refractivity contribution in [1.29, 1.82) is 0 Å². The largest absolute Gasteiger partial charge is 0.463 e. The van der Waals surface area contributed by atoms with Gasteiger partial charge in [0, 0.05) is 13.0 Å². The molecule has 4 nitrogen and oxygen atoms in total. The van der Waals surface area contributed by atoms with Crippen LogP contribution in [0.15, 0.2) is 0 Å². The third-order valence-corrected chi connectivity index (χ3v) is 3.47. The van der Waals surface area contributed by atoms with Crippen LogP contribution in [0.5, 0.6) is 0 Å². The molecule has 0 aromatic rings. The van der Waals surface area contributed by atoms with Crippen LogP contribution in [0.4, 0.5) is 0 Å². The van der Waals surface area contributed by atoms with Crippen LogP contribution in [0.25, 0.3) is 0 Å². The van der Waals surface area contributed by atoms with Gasteiger partial charge in [0.1, 0.15) is 12.4 Å². The normalized spacial score (nSPS) is 28.8. The molecule has 0 spiro atoms. The molecule has 0 bridgehead atoms. The summed E-state index contributed by atoms with van der Waals surface area (Å²) in [5.74, 6) is -0.0562. The summed E-state index contributed by atoms with van der Waals surface area (Å²) >= 11 is 0. The standard InChI is InChI=1S/C13H22O4/c1-9-4-5-11(10(2)14)12(8-9)13(15)17-7-6-16-3/h9,11-12H,4-8H2,1-3H3. The molecule has 0 radical (unpaired) electrons. The maximum Gasteiger partial charge on any atom is 0.309 e. The SMILES string of the molecule is COCCOC(=O)C1CC(C)CCC1C(C)=O. The van der Waals surface area contributed by atoms with E-state index < -0.39 is 0 Å². The van der Waals surface area contributed by atoms with Crippen molar-refractivity contribution >= 4 is 11.8 Å². The van der Waals surface area contributed by atoms with E-state index in [2.05, 4.69) is 6.92 Å². The predicted octanol–water partition coefficient (Wildman–Crippen LogP) is 1.82. The van der Waals surface area contributed by atoms with Crippen LogP contribution in [-0.2, 0) is 19.1 Å². The number of ether oxygens (including phenoxy) is 2. The van der Waals surface area contributed by atoms with Crippen molar-refractivity contribution in [2.45, 2.75) is 33.1 Å². The number of esters is 1. The molecule has 1 aliphatic rings. The highest BCUT2D eigenvalue weighted by atomic mass is 16.6. The van der Waals surface area contributed by atoms with Crippen LogP contribution in [0.1, 0.15) is 33.1 Å². The van der Waals surface area contributed by atoms with Crippen LogP contribution in [-0.4, -0.2) is 32.1 Å². The fourth-order valence-corrected chi connectivity index (χ4v) is 2.46. The van der Waals surface area contributed by atoms with Gasteiger partial charge in [0.15, 0.2) is 0 Å². The minimum absolute atomic E-state index is 0.102. The maximum atomic E-state index is 11.9. The average Bonchev–Trinajstić information content (AvgIpc) is 2.28. The molecule has 3 unspecified atom stereocenters. The Morgan fingerprint density at radius 2 is 1.88 bits per heavy atom. The molecule has 0 amide bonds. The molecule has 0 saturated heterocycles. The smallest absolute Gasteiger partial charge is 0.309 e. The third-order valence-electron chi connectivity index (χ3n) is 3.47. The minimum Gasteiger partial charge on any atom is -0.463 e. The molecule has 3 atom stereocenters. The fourth-order valence-electron chi connectivity index (χ4n) is 2.46. The summed E-state index contributed by atoms with van der Waals surface area (Å²) in [4.78, 5) is 23.4. The van der Waals surface area contributed by atoms with Crippen molar-refractivity contribution in [3.63, 3.8) is 0 Å². The van der Waals surface area contributed by atoms with E-state index in [1.807, 2.05) is 0 Å². The summed E-state index contributed by atoms with van der Waals surface area (Å²) in [7, 11) is 1.56. The van der Waals surface area contributed by atoms with Gasteiger partial charge in [0.2, 0.25) is 0 Å². The second-order valence-corrected chi connectivity index (χ2v) is 4.90. The van der Waals surface area contributed by atoms with E-state index in [1.165, 1.54) is 0 Å². The quantitative estimate of drug-likeness (QED) is 0.545. The van der Waals surface area contributed by atoms with Gasteiger partial charge in [-0.25, -0.2) is 0 Å². The summed E-state index contributed by atoms with van der Waals surface area (Å²) in [6, 6.07) is 0. The van der Waals surface area contributed by atoms with Crippen molar-refractivity contribution in [3.05, 3.63) is 0 Å². The summed E-state index contributed by atoms with van der Waals surface area (Å²) in [5, 5.41) is 0. The molecule has 1 aliphatic carbocycles. The Hall–Kier alpha value is -0.900. The highest BCUT2D eigenvalue weighted by Gasteiger charge is 2.37. The number of hydrogen-bond acceptors (Lipinski definition) is 4. The zero-order valence-corrected chi connectivity index (χ0v) is 10.9. The van der Waals surface area contributed by atoms with Gasteiger partial charge in [-0.3, -0.25) is 9.59 Å². The number of carbonyl (C=O) groups is 2. The number of hydrogen-bond donors (Lipinski definition) is 0. The Morgan fingerprint density at radius 1 is 1.18 bits per heavy atom. The first-order valence-electron chi connectivity index (χ1n) is 6.22. The lowest BCUT2D eigenvalue weighted by molar-refractivity contribution is -0.156. The van der Waals surface area contributed by atoms with Gasteiger partial charge in [-0.05, 0) is 32.1 Å². The van der Waals surface area contributed by atoms with Gasteiger partial charge < -0.3 is 9.47 Å². The highest BCUT2D eigenvalue weighted by molar-refractivity contribution is 5.85. The second-order valence-electron chi connectivity index (χ2n) is 4.90. The van der Waals surface area contributed by atoms with E-state index in [9.17, 15) is 9.59 Å².